The molecule has 5 heteroatoms. The molecule has 0 bridgehead atoms. The van der Waals surface area contributed by atoms with Crippen LogP contribution in [0.25, 0.3) is 0 Å². The van der Waals surface area contributed by atoms with Gasteiger partial charge in [-0.1, -0.05) is 31.9 Å². The molecule has 0 unspecified atom stereocenters. The lowest BCUT2D eigenvalue weighted by atomic mass is 9.92. The van der Waals surface area contributed by atoms with Crippen molar-refractivity contribution in [2.45, 2.75) is 64.4 Å². The minimum Gasteiger partial charge on any atom is -0.456 e. The number of hydrogen-bond donors (Lipinski definition) is 0. The van der Waals surface area contributed by atoms with Crippen LogP contribution in [0.4, 0.5) is 4.39 Å². The van der Waals surface area contributed by atoms with Crippen LogP contribution in [0.15, 0.2) is 35.6 Å². The molecule has 0 aromatic heterocycles. The highest BCUT2D eigenvalue weighted by molar-refractivity contribution is 5.91. The number of cyclic esters (lactones) is 1. The largest absolute Gasteiger partial charge is 0.456 e. The summed E-state index contributed by atoms with van der Waals surface area (Å²) >= 11 is 0. The standard InChI is InChI=1S/C19H23FO4/c1-4-5-6-14-11-15-16(18(21)24-19(2,3)23-15)17(22-14)12-7-9-13(20)10-8-12/h7-10,14,17H,4-6,11H2,1-3H3/t14-,17-/m1/s1. The summed E-state index contributed by atoms with van der Waals surface area (Å²) in [7, 11) is 0. The summed E-state index contributed by atoms with van der Waals surface area (Å²) in [6.07, 6.45) is 2.95. The number of unbranched alkanes of at least 4 members (excludes halogenated alkanes) is 1. The van der Waals surface area contributed by atoms with E-state index in [0.29, 0.717) is 17.8 Å². The molecule has 1 aromatic carbocycles. The minimum atomic E-state index is -0.976. The van der Waals surface area contributed by atoms with E-state index in [1.807, 2.05) is 0 Å². The molecular formula is C19H23FO4. The van der Waals surface area contributed by atoms with Gasteiger partial charge in [0.1, 0.15) is 23.3 Å². The van der Waals surface area contributed by atoms with Crippen LogP contribution in [0, 0.1) is 5.82 Å². The first kappa shape index (κ1) is 17.0. The molecule has 0 aliphatic carbocycles. The van der Waals surface area contributed by atoms with Gasteiger partial charge < -0.3 is 14.2 Å². The predicted octanol–water partition coefficient (Wildman–Crippen LogP) is 4.41. The topological polar surface area (TPSA) is 44.8 Å². The molecule has 0 fully saturated rings. The summed E-state index contributed by atoms with van der Waals surface area (Å²) in [4.78, 5) is 12.5. The average Bonchev–Trinajstić information content (AvgIpc) is 2.51. The second-order valence-corrected chi connectivity index (χ2v) is 6.76. The van der Waals surface area contributed by atoms with E-state index in [4.69, 9.17) is 14.2 Å². The molecule has 0 N–H and O–H groups in total. The molecule has 2 atom stereocenters. The van der Waals surface area contributed by atoms with Crippen LogP contribution in [0.5, 0.6) is 0 Å². The fraction of sp³-hybridized carbons (Fsp3) is 0.526. The summed E-state index contributed by atoms with van der Waals surface area (Å²) in [6, 6.07) is 6.01. The summed E-state index contributed by atoms with van der Waals surface area (Å²) in [5.41, 5.74) is 1.12. The van der Waals surface area contributed by atoms with Gasteiger partial charge in [-0.05, 0) is 24.1 Å². The van der Waals surface area contributed by atoms with Gasteiger partial charge in [0.15, 0.2) is 0 Å². The molecule has 2 heterocycles. The Labute approximate surface area is 141 Å². The molecule has 2 aliphatic rings. The molecule has 1 aromatic rings. The Morgan fingerprint density at radius 2 is 1.92 bits per heavy atom. The molecule has 0 radical (unpaired) electrons. The van der Waals surface area contributed by atoms with Crippen LogP contribution in [-0.2, 0) is 19.0 Å². The van der Waals surface area contributed by atoms with Crippen molar-refractivity contribution < 1.29 is 23.4 Å². The van der Waals surface area contributed by atoms with Gasteiger partial charge in [-0.3, -0.25) is 0 Å². The minimum absolute atomic E-state index is 0.0274. The van der Waals surface area contributed by atoms with Gasteiger partial charge in [0.05, 0.1) is 6.10 Å². The number of carbonyl (C=O) groups excluding carboxylic acids is 1. The zero-order valence-electron chi connectivity index (χ0n) is 14.3. The zero-order valence-corrected chi connectivity index (χ0v) is 14.3. The third-order valence-corrected chi connectivity index (χ3v) is 4.28. The fourth-order valence-electron chi connectivity index (χ4n) is 3.17. The lowest BCUT2D eigenvalue weighted by Gasteiger charge is -2.40. The van der Waals surface area contributed by atoms with Crippen molar-refractivity contribution in [2.75, 3.05) is 0 Å². The summed E-state index contributed by atoms with van der Waals surface area (Å²) < 4.78 is 30.7. The lowest BCUT2D eigenvalue weighted by molar-refractivity contribution is -0.217. The number of halogens is 1. The van der Waals surface area contributed by atoms with Crippen LogP contribution < -0.4 is 0 Å². The summed E-state index contributed by atoms with van der Waals surface area (Å²) in [6.45, 7) is 5.57. The van der Waals surface area contributed by atoms with E-state index < -0.39 is 17.9 Å². The third-order valence-electron chi connectivity index (χ3n) is 4.28. The Morgan fingerprint density at radius 3 is 2.58 bits per heavy atom. The number of ether oxygens (including phenoxy) is 3. The van der Waals surface area contributed by atoms with Gasteiger partial charge in [-0.25, -0.2) is 9.18 Å². The Hall–Kier alpha value is -1.88. The quantitative estimate of drug-likeness (QED) is 0.765. The Bertz CT molecular complexity index is 648. The first-order chi connectivity index (χ1) is 11.4. The zero-order chi connectivity index (χ0) is 17.3. The first-order valence-electron chi connectivity index (χ1n) is 8.46. The van der Waals surface area contributed by atoms with E-state index in [0.717, 1.165) is 24.8 Å². The van der Waals surface area contributed by atoms with Gasteiger partial charge in [-0.15, -0.1) is 0 Å². The highest BCUT2D eigenvalue weighted by atomic mass is 19.1. The molecule has 0 amide bonds. The summed E-state index contributed by atoms with van der Waals surface area (Å²) in [5, 5.41) is 0. The maximum absolute atomic E-state index is 13.2. The molecular weight excluding hydrogens is 311 g/mol. The van der Waals surface area contributed by atoms with Crippen molar-refractivity contribution in [1.82, 2.24) is 0 Å². The average molecular weight is 334 g/mol. The number of benzene rings is 1. The van der Waals surface area contributed by atoms with Crippen LogP contribution in [0.1, 0.15) is 58.1 Å². The molecule has 0 saturated heterocycles. The van der Waals surface area contributed by atoms with Gasteiger partial charge in [-0.2, -0.15) is 0 Å². The van der Waals surface area contributed by atoms with Gasteiger partial charge in [0, 0.05) is 20.3 Å². The monoisotopic (exact) mass is 334 g/mol. The van der Waals surface area contributed by atoms with Gasteiger partial charge >= 0.3 is 5.97 Å². The molecule has 4 nitrogen and oxygen atoms in total. The predicted molar refractivity (Wildman–Crippen MR) is 86.4 cm³/mol. The van der Waals surface area contributed by atoms with Crippen molar-refractivity contribution in [2.24, 2.45) is 0 Å². The first-order valence-corrected chi connectivity index (χ1v) is 8.46. The molecule has 2 aliphatic heterocycles. The summed E-state index contributed by atoms with van der Waals surface area (Å²) in [5.74, 6) is -1.09. The Kier molecular flexibility index (Phi) is 4.63. The van der Waals surface area contributed by atoms with Crippen molar-refractivity contribution in [3.05, 3.63) is 47.0 Å². The van der Waals surface area contributed by atoms with Crippen LogP contribution in [0.3, 0.4) is 0 Å². The fourth-order valence-corrected chi connectivity index (χ4v) is 3.17. The van der Waals surface area contributed by atoms with Crippen LogP contribution in [-0.4, -0.2) is 17.9 Å². The Morgan fingerprint density at radius 1 is 1.21 bits per heavy atom. The van der Waals surface area contributed by atoms with E-state index in [-0.39, 0.29) is 11.9 Å². The number of esters is 1. The lowest BCUT2D eigenvalue weighted by Crippen LogP contribution is -2.42. The van der Waals surface area contributed by atoms with Crippen molar-refractivity contribution in [3.63, 3.8) is 0 Å². The number of hydrogen-bond acceptors (Lipinski definition) is 4. The van der Waals surface area contributed by atoms with Crippen molar-refractivity contribution >= 4 is 5.97 Å². The molecule has 3 rings (SSSR count). The van der Waals surface area contributed by atoms with E-state index in [1.54, 1.807) is 26.0 Å². The van der Waals surface area contributed by atoms with Crippen molar-refractivity contribution in [3.8, 4) is 0 Å². The molecule has 24 heavy (non-hydrogen) atoms. The van der Waals surface area contributed by atoms with E-state index in [9.17, 15) is 9.18 Å². The van der Waals surface area contributed by atoms with Crippen molar-refractivity contribution in [1.29, 1.82) is 0 Å². The van der Waals surface area contributed by atoms with E-state index in [2.05, 4.69) is 6.92 Å². The second kappa shape index (κ2) is 6.55. The third kappa shape index (κ3) is 3.46. The van der Waals surface area contributed by atoms with Gasteiger partial charge in [0.25, 0.3) is 0 Å². The maximum atomic E-state index is 13.2. The Balaban J connectivity index is 1.97. The number of rotatable bonds is 4. The molecule has 0 saturated carbocycles. The highest BCUT2D eigenvalue weighted by Crippen LogP contribution is 2.43. The maximum Gasteiger partial charge on any atom is 0.343 e. The van der Waals surface area contributed by atoms with Crippen LogP contribution >= 0.6 is 0 Å². The van der Waals surface area contributed by atoms with Gasteiger partial charge in [0.2, 0.25) is 5.79 Å². The van der Waals surface area contributed by atoms with E-state index in [1.165, 1.54) is 12.1 Å². The molecule has 130 valence electrons. The van der Waals surface area contributed by atoms with E-state index >= 15 is 0 Å². The SMILES string of the molecule is CCCC[C@@H]1CC2=C(C(=O)OC(C)(C)O2)[C@@H](c2ccc(F)cc2)O1. The second-order valence-electron chi connectivity index (χ2n) is 6.76. The normalized spacial score (nSPS) is 25.8. The van der Waals surface area contributed by atoms with Crippen LogP contribution in [0.2, 0.25) is 0 Å². The molecule has 0 spiro atoms. The highest BCUT2D eigenvalue weighted by Gasteiger charge is 2.44. The smallest absolute Gasteiger partial charge is 0.343 e. The number of carbonyl (C=O) groups is 1.